The van der Waals surface area contributed by atoms with Crippen molar-refractivity contribution in [1.82, 2.24) is 0 Å². The minimum absolute atomic E-state index is 0.193. The summed E-state index contributed by atoms with van der Waals surface area (Å²) in [6.07, 6.45) is 3.33. The first-order chi connectivity index (χ1) is 9.33. The Kier molecular flexibility index (Phi) is 3.60. The number of aliphatic imine (C=N–C) groups is 1. The average Bonchev–Trinajstić information content (AvgIpc) is 2.49. The monoisotopic (exact) mass is 260 g/mol. The molecule has 1 saturated heterocycles. The number of allylic oxidation sites excluding steroid dienone is 1. The van der Waals surface area contributed by atoms with Crippen molar-refractivity contribution >= 4 is 11.7 Å². The van der Waals surface area contributed by atoms with Crippen LogP contribution in [0.1, 0.15) is 11.5 Å². The van der Waals surface area contributed by atoms with Gasteiger partial charge < -0.3 is 9.64 Å². The van der Waals surface area contributed by atoms with Crippen LogP contribution in [0.2, 0.25) is 0 Å². The van der Waals surface area contributed by atoms with Crippen molar-refractivity contribution in [2.45, 2.75) is 5.92 Å². The molecule has 0 bridgehead atoms. The normalized spacial score (nSPS) is 23.3. The molecule has 2 aliphatic rings. The summed E-state index contributed by atoms with van der Waals surface area (Å²) in [6, 6.07) is 8.48. The molecule has 0 aliphatic carbocycles. The highest BCUT2D eigenvalue weighted by Crippen LogP contribution is 2.24. The fourth-order valence-electron chi connectivity index (χ4n) is 2.47. The van der Waals surface area contributed by atoms with Gasteiger partial charge in [0.15, 0.2) is 0 Å². The van der Waals surface area contributed by atoms with Gasteiger partial charge >= 0.3 is 0 Å². The zero-order valence-electron chi connectivity index (χ0n) is 10.8. The quantitative estimate of drug-likeness (QED) is 0.816. The second-order valence-electron chi connectivity index (χ2n) is 4.82. The molecule has 100 valence electrons. The van der Waals surface area contributed by atoms with E-state index < -0.39 is 0 Å². The van der Waals surface area contributed by atoms with Gasteiger partial charge in [-0.1, -0.05) is 18.2 Å². The third kappa shape index (κ3) is 2.84. The Morgan fingerprint density at radius 3 is 2.53 bits per heavy atom. The summed E-state index contributed by atoms with van der Waals surface area (Å²) in [6.45, 7) is 3.97. The van der Waals surface area contributed by atoms with Crippen molar-refractivity contribution in [1.29, 1.82) is 0 Å². The molecular formula is C15H17FN2O. The summed E-state index contributed by atoms with van der Waals surface area (Å²) in [7, 11) is 0. The zero-order chi connectivity index (χ0) is 13.1. The van der Waals surface area contributed by atoms with Crippen LogP contribution >= 0.6 is 0 Å². The van der Waals surface area contributed by atoms with E-state index in [1.165, 1.54) is 17.3 Å². The van der Waals surface area contributed by atoms with E-state index in [9.17, 15) is 4.39 Å². The summed E-state index contributed by atoms with van der Waals surface area (Å²) >= 11 is 0. The van der Waals surface area contributed by atoms with Crippen LogP contribution in [-0.2, 0) is 4.74 Å². The summed E-state index contributed by atoms with van der Waals surface area (Å²) < 4.78 is 18.2. The molecule has 3 rings (SSSR count). The molecule has 0 saturated carbocycles. The third-order valence-electron chi connectivity index (χ3n) is 3.60. The predicted octanol–water partition coefficient (Wildman–Crippen LogP) is 2.54. The summed E-state index contributed by atoms with van der Waals surface area (Å²) in [4.78, 5) is 6.16. The molecule has 0 amide bonds. The maximum Gasteiger partial charge on any atom is 0.208 e. The SMILES string of the molecule is FC1=NCC(c2ccc(N3CCOCC3)cc2)C=C1. The topological polar surface area (TPSA) is 24.8 Å². The number of nitrogens with zero attached hydrogens (tertiary/aromatic N) is 2. The highest BCUT2D eigenvalue weighted by atomic mass is 19.1. The molecule has 1 unspecified atom stereocenters. The van der Waals surface area contributed by atoms with Gasteiger partial charge in [0.05, 0.1) is 19.8 Å². The number of rotatable bonds is 2. The van der Waals surface area contributed by atoms with Crippen molar-refractivity contribution in [3.8, 4) is 0 Å². The van der Waals surface area contributed by atoms with Gasteiger partial charge in [-0.25, -0.2) is 0 Å². The van der Waals surface area contributed by atoms with E-state index in [1.807, 2.05) is 6.08 Å². The van der Waals surface area contributed by atoms with Gasteiger partial charge in [0.2, 0.25) is 5.97 Å². The summed E-state index contributed by atoms with van der Waals surface area (Å²) in [5.74, 6) is -0.181. The van der Waals surface area contributed by atoms with Crippen molar-refractivity contribution in [2.75, 3.05) is 37.7 Å². The third-order valence-corrected chi connectivity index (χ3v) is 3.60. The second-order valence-corrected chi connectivity index (χ2v) is 4.82. The number of anilines is 1. The molecule has 0 spiro atoms. The van der Waals surface area contributed by atoms with Gasteiger partial charge in [-0.05, 0) is 23.8 Å². The smallest absolute Gasteiger partial charge is 0.208 e. The number of hydrogen-bond donors (Lipinski definition) is 0. The van der Waals surface area contributed by atoms with Gasteiger partial charge in [-0.3, -0.25) is 4.99 Å². The van der Waals surface area contributed by atoms with Gasteiger partial charge in [0.25, 0.3) is 0 Å². The fraction of sp³-hybridized carbons (Fsp3) is 0.400. The van der Waals surface area contributed by atoms with E-state index in [0.717, 1.165) is 26.3 Å². The summed E-state index contributed by atoms with van der Waals surface area (Å²) in [5.41, 5.74) is 2.41. The number of morpholine rings is 1. The Hall–Kier alpha value is -1.68. The highest BCUT2D eigenvalue weighted by molar-refractivity contribution is 5.87. The predicted molar refractivity (Wildman–Crippen MR) is 74.8 cm³/mol. The molecule has 0 aromatic heterocycles. The molecule has 1 fully saturated rings. The average molecular weight is 260 g/mol. The van der Waals surface area contributed by atoms with E-state index >= 15 is 0 Å². The fourth-order valence-corrected chi connectivity index (χ4v) is 2.47. The summed E-state index contributed by atoms with van der Waals surface area (Å²) in [5, 5.41) is 0. The van der Waals surface area contributed by atoms with Gasteiger partial charge in [-0.15, -0.1) is 0 Å². The van der Waals surface area contributed by atoms with Gasteiger partial charge in [0, 0.05) is 24.7 Å². The van der Waals surface area contributed by atoms with Crippen molar-refractivity contribution < 1.29 is 9.13 Å². The van der Waals surface area contributed by atoms with E-state index in [4.69, 9.17) is 4.74 Å². The van der Waals surface area contributed by atoms with Crippen LogP contribution in [0.3, 0.4) is 0 Å². The maximum atomic E-state index is 12.8. The number of hydrogen-bond acceptors (Lipinski definition) is 3. The van der Waals surface area contributed by atoms with Crippen LogP contribution in [0.25, 0.3) is 0 Å². The molecule has 2 heterocycles. The van der Waals surface area contributed by atoms with E-state index in [0.29, 0.717) is 6.54 Å². The lowest BCUT2D eigenvalue weighted by Crippen LogP contribution is -2.36. The molecule has 19 heavy (non-hydrogen) atoms. The standard InChI is InChI=1S/C15H17FN2O/c16-15-6-3-13(11-17-15)12-1-4-14(5-2-12)18-7-9-19-10-8-18/h1-6,13H,7-11H2. The first-order valence-corrected chi connectivity index (χ1v) is 6.64. The molecule has 0 radical (unpaired) electrons. The molecule has 1 aromatic rings. The Labute approximate surface area is 112 Å². The lowest BCUT2D eigenvalue weighted by atomic mass is 9.97. The van der Waals surface area contributed by atoms with Crippen molar-refractivity contribution in [3.05, 3.63) is 42.0 Å². The van der Waals surface area contributed by atoms with Crippen molar-refractivity contribution in [2.24, 2.45) is 4.99 Å². The second kappa shape index (κ2) is 5.53. The Bertz CT molecular complexity index is 489. The minimum atomic E-state index is -0.374. The first kappa shape index (κ1) is 12.4. The van der Waals surface area contributed by atoms with Crippen LogP contribution < -0.4 is 4.90 Å². The molecule has 2 aliphatic heterocycles. The van der Waals surface area contributed by atoms with Crippen LogP contribution in [0.15, 0.2) is 41.4 Å². The van der Waals surface area contributed by atoms with E-state index in [2.05, 4.69) is 34.2 Å². The van der Waals surface area contributed by atoms with Crippen LogP contribution in [0.4, 0.5) is 10.1 Å². The number of halogens is 1. The molecule has 3 nitrogen and oxygen atoms in total. The first-order valence-electron chi connectivity index (χ1n) is 6.64. The molecule has 4 heteroatoms. The van der Waals surface area contributed by atoms with E-state index in [-0.39, 0.29) is 11.9 Å². The minimum Gasteiger partial charge on any atom is -0.378 e. The van der Waals surface area contributed by atoms with E-state index in [1.54, 1.807) is 0 Å². The van der Waals surface area contributed by atoms with Gasteiger partial charge in [0.1, 0.15) is 0 Å². The lowest BCUT2D eigenvalue weighted by Gasteiger charge is -2.29. The number of ether oxygens (including phenoxy) is 1. The van der Waals surface area contributed by atoms with Crippen LogP contribution in [-0.4, -0.2) is 38.8 Å². The molecular weight excluding hydrogens is 243 g/mol. The van der Waals surface area contributed by atoms with Crippen LogP contribution in [0, 0.1) is 0 Å². The Balaban J connectivity index is 1.70. The lowest BCUT2D eigenvalue weighted by molar-refractivity contribution is 0.122. The number of benzene rings is 1. The molecule has 1 aromatic carbocycles. The molecule has 1 atom stereocenters. The Morgan fingerprint density at radius 1 is 1.16 bits per heavy atom. The van der Waals surface area contributed by atoms with Crippen molar-refractivity contribution in [3.63, 3.8) is 0 Å². The Morgan fingerprint density at radius 2 is 1.89 bits per heavy atom. The molecule has 0 N–H and O–H groups in total. The largest absolute Gasteiger partial charge is 0.378 e. The number of dihydropyridines is 1. The van der Waals surface area contributed by atoms with Crippen LogP contribution in [0.5, 0.6) is 0 Å². The maximum absolute atomic E-state index is 12.8. The highest BCUT2D eigenvalue weighted by Gasteiger charge is 2.14. The van der Waals surface area contributed by atoms with Gasteiger partial charge in [-0.2, -0.15) is 4.39 Å². The zero-order valence-corrected chi connectivity index (χ0v) is 10.8.